The minimum Gasteiger partial charge on any atom is -0.569 e. The van der Waals surface area contributed by atoms with Crippen molar-refractivity contribution >= 4 is 22.1 Å². The Morgan fingerprint density at radius 3 is 2.34 bits per heavy atom. The number of methoxy groups -OCH3 is 1. The van der Waals surface area contributed by atoms with Crippen molar-refractivity contribution in [2.45, 2.75) is 30.8 Å². The van der Waals surface area contributed by atoms with E-state index in [9.17, 15) is 36.4 Å². The molecule has 0 aliphatic carbocycles. The number of alkyl halides is 3. The Bertz CT molecular complexity index is 1620. The Morgan fingerprint density at radius 2 is 1.75 bits per heavy atom. The fourth-order valence-corrected chi connectivity index (χ4v) is 5.29. The van der Waals surface area contributed by atoms with E-state index in [1.807, 2.05) is 11.6 Å². The highest BCUT2D eigenvalue weighted by Gasteiger charge is 2.35. The summed E-state index contributed by atoms with van der Waals surface area (Å²) < 4.78 is 78.0. The van der Waals surface area contributed by atoms with Gasteiger partial charge in [0.05, 0.1) is 41.4 Å². The van der Waals surface area contributed by atoms with Crippen molar-refractivity contribution < 1.29 is 50.5 Å². The molecule has 1 aromatic heterocycles. The fraction of sp³-hybridized carbons (Fsp3) is 0.346. The molecule has 0 bridgehead atoms. The molecule has 236 valence electrons. The fourth-order valence-electron chi connectivity index (χ4n) is 4.24. The molecule has 1 saturated heterocycles. The average Bonchev–Trinajstić information content (AvgIpc) is 3.46. The monoisotopic (exact) mass is 640 g/mol. The van der Waals surface area contributed by atoms with Gasteiger partial charge in [0, 0.05) is 11.5 Å². The molecule has 3 aromatic rings. The van der Waals surface area contributed by atoms with E-state index in [0.29, 0.717) is 5.56 Å². The third-order valence-corrected chi connectivity index (χ3v) is 7.94. The van der Waals surface area contributed by atoms with Crippen LogP contribution in [0.5, 0.6) is 0 Å². The highest BCUT2D eigenvalue weighted by atomic mass is 32.2. The SMILES string of the molecule is COC(=O)OCO/N=[N+](\[O-])N1CCC(C(=O)NS(=O)(=O)c2ccc(-n3nc(C(F)(F)F)cc3-c3ccc(C)cc3)cc2)CC1. The number of aryl methyl sites for hydroxylation is 1. The number of nitrogens with one attached hydrogen (secondary N) is 1. The Labute approximate surface area is 249 Å². The number of carbonyl (C=O) groups is 2. The smallest absolute Gasteiger partial charge is 0.510 e. The van der Waals surface area contributed by atoms with Crippen molar-refractivity contribution in [1.82, 2.24) is 19.5 Å². The molecule has 0 radical (unpaired) electrons. The molecular weight excluding hydrogens is 613 g/mol. The second kappa shape index (κ2) is 13.2. The molecule has 0 unspecified atom stereocenters. The zero-order chi connectivity index (χ0) is 32.1. The maximum absolute atomic E-state index is 13.5. The zero-order valence-electron chi connectivity index (χ0n) is 23.4. The lowest BCUT2D eigenvalue weighted by atomic mass is 9.97. The van der Waals surface area contributed by atoms with E-state index >= 15 is 0 Å². The molecule has 0 spiro atoms. The van der Waals surface area contributed by atoms with Crippen molar-refractivity contribution in [3.05, 3.63) is 71.1 Å². The van der Waals surface area contributed by atoms with Crippen LogP contribution in [0.1, 0.15) is 24.1 Å². The summed E-state index contributed by atoms with van der Waals surface area (Å²) in [7, 11) is -3.24. The summed E-state index contributed by atoms with van der Waals surface area (Å²) in [6, 6.07) is 12.6. The number of ether oxygens (including phenoxy) is 2. The van der Waals surface area contributed by atoms with Gasteiger partial charge in [-0.25, -0.2) is 22.6 Å². The van der Waals surface area contributed by atoms with Crippen LogP contribution in [0, 0.1) is 18.0 Å². The van der Waals surface area contributed by atoms with Gasteiger partial charge in [-0.15, -0.1) is 5.01 Å². The van der Waals surface area contributed by atoms with Gasteiger partial charge in [0.15, 0.2) is 5.69 Å². The van der Waals surface area contributed by atoms with E-state index in [4.69, 9.17) is 0 Å². The molecule has 1 aliphatic rings. The molecule has 44 heavy (non-hydrogen) atoms. The molecule has 1 amide bonds. The number of hydrazine groups is 1. The van der Waals surface area contributed by atoms with Crippen LogP contribution in [0.2, 0.25) is 0 Å². The average molecular weight is 641 g/mol. The maximum Gasteiger partial charge on any atom is 0.510 e. The van der Waals surface area contributed by atoms with Crippen LogP contribution in [0.4, 0.5) is 18.0 Å². The Hall–Kier alpha value is -4.87. The first-order valence-electron chi connectivity index (χ1n) is 13.0. The van der Waals surface area contributed by atoms with Crippen molar-refractivity contribution in [2.24, 2.45) is 11.2 Å². The van der Waals surface area contributed by atoms with Crippen LogP contribution in [0.15, 0.2) is 64.8 Å². The molecule has 1 N–H and O–H groups in total. The van der Waals surface area contributed by atoms with Crippen LogP contribution in [0.3, 0.4) is 0 Å². The third-order valence-electron chi connectivity index (χ3n) is 6.58. The lowest BCUT2D eigenvalue weighted by Crippen LogP contribution is -2.44. The predicted molar refractivity (Wildman–Crippen MR) is 144 cm³/mol. The molecule has 1 fully saturated rings. The third kappa shape index (κ3) is 7.74. The van der Waals surface area contributed by atoms with Gasteiger partial charge in [0.2, 0.25) is 11.2 Å². The molecule has 2 heterocycles. The summed E-state index contributed by atoms with van der Waals surface area (Å²) in [5.74, 6) is -1.52. The van der Waals surface area contributed by atoms with Gasteiger partial charge in [-0.05, 0) is 50.1 Å². The van der Waals surface area contributed by atoms with Crippen molar-refractivity contribution in [3.8, 4) is 16.9 Å². The lowest BCUT2D eigenvalue weighted by molar-refractivity contribution is -0.713. The minimum atomic E-state index is -4.70. The second-order valence-corrected chi connectivity index (χ2v) is 11.2. The van der Waals surface area contributed by atoms with E-state index in [2.05, 4.69) is 24.7 Å². The summed E-state index contributed by atoms with van der Waals surface area (Å²) in [6.07, 6.45) is -5.49. The molecular formula is C26H27F3N6O8S. The normalized spacial score (nSPS) is 14.7. The van der Waals surface area contributed by atoms with E-state index in [1.54, 1.807) is 24.3 Å². The van der Waals surface area contributed by atoms with E-state index in [-0.39, 0.29) is 47.2 Å². The quantitative estimate of drug-likeness (QED) is 0.0904. The predicted octanol–water partition coefficient (Wildman–Crippen LogP) is 3.93. The van der Waals surface area contributed by atoms with Crippen molar-refractivity contribution in [3.63, 3.8) is 0 Å². The summed E-state index contributed by atoms with van der Waals surface area (Å²) in [6.45, 7) is 1.28. The van der Waals surface area contributed by atoms with Gasteiger partial charge < -0.3 is 19.5 Å². The number of halogens is 3. The number of aromatic nitrogens is 2. The summed E-state index contributed by atoms with van der Waals surface area (Å²) in [5.41, 5.74) is 0.592. The summed E-state index contributed by atoms with van der Waals surface area (Å²) in [4.78, 5) is 28.0. The second-order valence-electron chi connectivity index (χ2n) is 9.56. The van der Waals surface area contributed by atoms with Crippen molar-refractivity contribution in [1.29, 1.82) is 0 Å². The van der Waals surface area contributed by atoms with Gasteiger partial charge in [-0.3, -0.25) is 4.79 Å². The number of nitrogens with zero attached hydrogens (tertiary/aromatic N) is 5. The topological polar surface area (TPSA) is 167 Å². The van der Waals surface area contributed by atoms with E-state index in [0.717, 1.165) is 35.6 Å². The Morgan fingerprint density at radius 1 is 1.11 bits per heavy atom. The van der Waals surface area contributed by atoms with Crippen LogP contribution in [0.25, 0.3) is 16.9 Å². The molecule has 4 rings (SSSR count). The first-order chi connectivity index (χ1) is 20.8. The molecule has 2 aromatic carbocycles. The number of hydrogen-bond acceptors (Lipinski definition) is 10. The largest absolute Gasteiger partial charge is 0.569 e. The van der Waals surface area contributed by atoms with Crippen LogP contribution >= 0.6 is 0 Å². The number of benzene rings is 2. The van der Waals surface area contributed by atoms with Gasteiger partial charge in [-0.1, -0.05) is 29.8 Å². The highest BCUT2D eigenvalue weighted by Crippen LogP contribution is 2.33. The molecule has 18 heteroatoms. The van der Waals surface area contributed by atoms with Crippen LogP contribution in [-0.2, 0) is 35.3 Å². The van der Waals surface area contributed by atoms with E-state index in [1.165, 1.54) is 17.1 Å². The number of carbonyl (C=O) groups excluding carboxylic acids is 2. The molecule has 0 saturated carbocycles. The molecule has 14 nitrogen and oxygen atoms in total. The van der Waals surface area contributed by atoms with Gasteiger partial charge in [0.1, 0.15) is 0 Å². The number of sulfonamides is 1. The number of amides is 1. The zero-order valence-corrected chi connectivity index (χ0v) is 24.2. The first-order valence-corrected chi connectivity index (χ1v) is 14.4. The summed E-state index contributed by atoms with van der Waals surface area (Å²) in [5, 5.41) is 20.1. The number of piperidine rings is 1. The van der Waals surface area contributed by atoms with Crippen LogP contribution in [-0.4, -0.2) is 67.2 Å². The van der Waals surface area contributed by atoms with Gasteiger partial charge in [0.25, 0.3) is 16.8 Å². The molecule has 1 aliphatic heterocycles. The standard InChI is InChI=1S/C26H27F3N6O8S/c1-17-3-5-18(6-4-17)22-15-23(26(27,28)29)30-34(22)20-7-9-21(10-8-20)44(39,40)31-24(36)19-11-13-33(14-12-19)35(38)32-43-16-42-25(37)41-2/h3-10,15,19H,11-14,16H2,1-2H3,(H,31,36)/b35-32-. The minimum absolute atomic E-state index is 0.0498. The van der Waals surface area contributed by atoms with Gasteiger partial charge in [-0.2, -0.15) is 18.3 Å². The Balaban J connectivity index is 1.41. The highest BCUT2D eigenvalue weighted by molar-refractivity contribution is 7.90. The van der Waals surface area contributed by atoms with Crippen molar-refractivity contribution in [2.75, 3.05) is 27.0 Å². The Kier molecular flexibility index (Phi) is 9.61. The maximum atomic E-state index is 13.5. The summed E-state index contributed by atoms with van der Waals surface area (Å²) >= 11 is 0. The van der Waals surface area contributed by atoms with Gasteiger partial charge >= 0.3 is 12.3 Å². The number of rotatable bonds is 9. The molecule has 0 atom stereocenters. The lowest BCUT2D eigenvalue weighted by Gasteiger charge is -2.27. The number of hydrogen-bond donors (Lipinski definition) is 1. The first kappa shape index (κ1) is 32.1. The van der Waals surface area contributed by atoms with E-state index < -0.39 is 46.7 Å². The van der Waals surface area contributed by atoms with Crippen LogP contribution < -0.4 is 4.72 Å².